The molecule has 0 aliphatic heterocycles. The van der Waals surface area contributed by atoms with E-state index < -0.39 is 7.59 Å². The van der Waals surface area contributed by atoms with Gasteiger partial charge in [0, 0.05) is 5.56 Å². The summed E-state index contributed by atoms with van der Waals surface area (Å²) in [6, 6.07) is 7.11. The number of benzene rings is 1. The van der Waals surface area contributed by atoms with E-state index in [1.54, 1.807) is 24.3 Å². The Kier molecular flexibility index (Phi) is 6.53. The summed E-state index contributed by atoms with van der Waals surface area (Å²) in [6.45, 7) is 0.347. The predicted molar refractivity (Wildman–Crippen MR) is 97.5 cm³/mol. The molecule has 0 aliphatic rings. The predicted octanol–water partition coefficient (Wildman–Crippen LogP) is 5.55. The molecule has 0 aliphatic carbocycles. The zero-order chi connectivity index (χ0) is 17.3. The van der Waals surface area contributed by atoms with Gasteiger partial charge in [-0.3, -0.25) is 0 Å². The first-order valence-corrected chi connectivity index (χ1v) is 8.50. The monoisotopic (exact) mass is 451 g/mol. The summed E-state index contributed by atoms with van der Waals surface area (Å²) in [4.78, 5) is 12.2. The van der Waals surface area contributed by atoms with E-state index in [0.29, 0.717) is 12.2 Å². The maximum Gasteiger partial charge on any atom is 0.250 e. The summed E-state index contributed by atoms with van der Waals surface area (Å²) in [5, 5.41) is 0. The lowest BCUT2D eigenvalue weighted by atomic mass is 10.1. The molecule has 0 N–H and O–H groups in total. The van der Waals surface area contributed by atoms with Crippen LogP contribution in [0.5, 0.6) is 0 Å². The summed E-state index contributed by atoms with van der Waals surface area (Å²) in [7, 11) is 0. The van der Waals surface area contributed by atoms with E-state index in [1.165, 1.54) is 0 Å². The van der Waals surface area contributed by atoms with E-state index >= 15 is 0 Å². The second-order valence-electron chi connectivity index (χ2n) is 4.27. The lowest BCUT2D eigenvalue weighted by Crippen LogP contribution is -2.16. The highest BCUT2D eigenvalue weighted by Gasteiger charge is 2.33. The minimum atomic E-state index is -1.89. The Balaban J connectivity index is 2.52. The van der Waals surface area contributed by atoms with Crippen LogP contribution in [0.2, 0.25) is 0 Å². The SMILES string of the molecule is SOCc1ccc(-c2nc(C(Cl)(Cl)Cl)nc(C(Cl)(Cl)Cl)n2)cc1. The second-order valence-corrected chi connectivity index (χ2v) is 9.09. The quantitative estimate of drug-likeness (QED) is 0.376. The second kappa shape index (κ2) is 7.67. The maximum absolute atomic E-state index is 5.83. The molecule has 4 nitrogen and oxygen atoms in total. The first kappa shape index (κ1) is 19.6. The Morgan fingerprint density at radius 2 is 1.30 bits per heavy atom. The van der Waals surface area contributed by atoms with Gasteiger partial charge in [0.15, 0.2) is 17.5 Å². The van der Waals surface area contributed by atoms with Gasteiger partial charge in [0.05, 0.1) is 6.61 Å². The van der Waals surface area contributed by atoms with Gasteiger partial charge in [-0.2, -0.15) is 0 Å². The van der Waals surface area contributed by atoms with E-state index in [4.69, 9.17) is 73.8 Å². The van der Waals surface area contributed by atoms with Crippen LogP contribution in [0.25, 0.3) is 11.4 Å². The van der Waals surface area contributed by atoms with Crippen molar-refractivity contribution in [3.63, 3.8) is 0 Å². The number of thiol groups is 1. The summed E-state index contributed by atoms with van der Waals surface area (Å²) < 4.78 is 0.976. The van der Waals surface area contributed by atoms with Gasteiger partial charge >= 0.3 is 0 Å². The Labute approximate surface area is 168 Å². The van der Waals surface area contributed by atoms with Crippen LogP contribution in [0.15, 0.2) is 24.3 Å². The van der Waals surface area contributed by atoms with Gasteiger partial charge in [0.25, 0.3) is 0 Å². The van der Waals surface area contributed by atoms with Crippen molar-refractivity contribution in [2.75, 3.05) is 0 Å². The van der Waals surface area contributed by atoms with Crippen LogP contribution in [0.1, 0.15) is 17.2 Å². The first-order valence-electron chi connectivity index (χ1n) is 5.87. The van der Waals surface area contributed by atoms with Crippen molar-refractivity contribution in [1.29, 1.82) is 0 Å². The molecule has 11 heteroatoms. The lowest BCUT2D eigenvalue weighted by molar-refractivity contribution is 0.372. The number of rotatable bonds is 3. The van der Waals surface area contributed by atoms with E-state index in [2.05, 4.69) is 27.9 Å². The fourth-order valence-corrected chi connectivity index (χ4v) is 2.24. The highest BCUT2D eigenvalue weighted by atomic mass is 35.6. The molecule has 0 spiro atoms. The van der Waals surface area contributed by atoms with Gasteiger partial charge in [0.1, 0.15) is 0 Å². The van der Waals surface area contributed by atoms with Crippen molar-refractivity contribution in [3.8, 4) is 11.4 Å². The molecule has 2 rings (SSSR count). The van der Waals surface area contributed by atoms with Crippen LogP contribution >= 0.6 is 82.5 Å². The summed E-state index contributed by atoms with van der Waals surface area (Å²) in [6.07, 6.45) is 0. The molecular weight excluding hydrogens is 447 g/mol. The van der Waals surface area contributed by atoms with Crippen LogP contribution in [-0.2, 0) is 18.4 Å². The number of halogens is 6. The van der Waals surface area contributed by atoms with E-state index in [-0.39, 0.29) is 17.5 Å². The molecule has 1 aromatic carbocycles. The van der Waals surface area contributed by atoms with Gasteiger partial charge in [-0.05, 0) is 18.5 Å². The minimum Gasteiger partial charge on any atom is -0.314 e. The van der Waals surface area contributed by atoms with E-state index in [0.717, 1.165) is 5.56 Å². The maximum atomic E-state index is 5.83. The van der Waals surface area contributed by atoms with Crippen molar-refractivity contribution < 1.29 is 4.18 Å². The third kappa shape index (κ3) is 5.38. The number of aromatic nitrogens is 3. The molecule has 0 amide bonds. The summed E-state index contributed by atoms with van der Waals surface area (Å²) >= 11 is 38.7. The number of hydrogen-bond donors (Lipinski definition) is 1. The number of nitrogens with zero attached hydrogens (tertiary/aromatic N) is 3. The molecule has 0 saturated heterocycles. The molecule has 1 heterocycles. The van der Waals surface area contributed by atoms with E-state index in [1.807, 2.05) is 0 Å². The largest absolute Gasteiger partial charge is 0.314 e. The fraction of sp³-hybridized carbons (Fsp3) is 0.250. The van der Waals surface area contributed by atoms with Crippen molar-refractivity contribution in [2.45, 2.75) is 14.2 Å². The van der Waals surface area contributed by atoms with Gasteiger partial charge in [0.2, 0.25) is 7.59 Å². The first-order chi connectivity index (χ1) is 10.6. The molecule has 0 unspecified atom stereocenters. The molecule has 0 saturated carbocycles. The average Bonchev–Trinajstić information content (AvgIpc) is 2.46. The molecule has 0 radical (unpaired) electrons. The average molecular weight is 454 g/mol. The molecule has 1 aromatic heterocycles. The van der Waals surface area contributed by atoms with Crippen molar-refractivity contribution in [2.24, 2.45) is 0 Å². The Hall–Kier alpha value is 0.280. The van der Waals surface area contributed by atoms with Gasteiger partial charge in [-0.25, -0.2) is 15.0 Å². The minimum absolute atomic E-state index is 0.142. The van der Waals surface area contributed by atoms with Crippen LogP contribution < -0.4 is 0 Å². The van der Waals surface area contributed by atoms with Gasteiger partial charge < -0.3 is 4.18 Å². The highest BCUT2D eigenvalue weighted by Crippen LogP contribution is 2.40. The molecule has 2 aromatic rings. The normalized spacial score (nSPS) is 12.5. The van der Waals surface area contributed by atoms with Gasteiger partial charge in [-0.15, -0.1) is 0 Å². The summed E-state index contributed by atoms with van der Waals surface area (Å²) in [5.74, 6) is -0.0748. The molecule has 0 fully saturated rings. The molecule has 0 bridgehead atoms. The molecular formula is C12H7Cl6N3OS. The zero-order valence-electron chi connectivity index (χ0n) is 11.0. The number of hydrogen-bond acceptors (Lipinski definition) is 5. The Morgan fingerprint density at radius 1 is 0.826 bits per heavy atom. The standard InChI is InChI=1S/C12H7Cl6N3OS/c13-11(14,15)9-19-8(20-10(21-9)12(16,17)18)7-3-1-6(2-4-7)5-22-23/h1-4,23H,5H2. The summed E-state index contributed by atoms with van der Waals surface area (Å²) in [5.41, 5.74) is 1.53. The Morgan fingerprint density at radius 3 is 1.70 bits per heavy atom. The fourth-order valence-electron chi connectivity index (χ4n) is 1.58. The van der Waals surface area contributed by atoms with Gasteiger partial charge in [-0.1, -0.05) is 93.9 Å². The van der Waals surface area contributed by atoms with Crippen LogP contribution in [0, 0.1) is 0 Å². The molecule has 124 valence electrons. The van der Waals surface area contributed by atoms with Crippen LogP contribution in [0.3, 0.4) is 0 Å². The van der Waals surface area contributed by atoms with Crippen molar-refractivity contribution in [3.05, 3.63) is 41.5 Å². The third-order valence-electron chi connectivity index (χ3n) is 2.59. The van der Waals surface area contributed by atoms with Crippen LogP contribution in [0.4, 0.5) is 0 Å². The lowest BCUT2D eigenvalue weighted by Gasteiger charge is -2.15. The zero-order valence-corrected chi connectivity index (χ0v) is 16.4. The topological polar surface area (TPSA) is 47.9 Å². The van der Waals surface area contributed by atoms with Crippen molar-refractivity contribution in [1.82, 2.24) is 15.0 Å². The van der Waals surface area contributed by atoms with Crippen LogP contribution in [-0.4, -0.2) is 15.0 Å². The number of alkyl halides is 6. The van der Waals surface area contributed by atoms with Crippen molar-refractivity contribution >= 4 is 82.5 Å². The Bertz CT molecular complexity index is 654. The highest BCUT2D eigenvalue weighted by molar-refractivity contribution is 7.75. The van der Waals surface area contributed by atoms with E-state index in [9.17, 15) is 0 Å². The molecule has 0 atom stereocenters. The smallest absolute Gasteiger partial charge is 0.250 e. The molecule has 23 heavy (non-hydrogen) atoms. The third-order valence-corrected chi connectivity index (χ3v) is 3.73.